The number of carbonyl (C=O) groups excluding carboxylic acids is 2. The van der Waals surface area contributed by atoms with E-state index >= 15 is 0 Å². The largest absolute Gasteiger partial charge is 0.329 e. The summed E-state index contributed by atoms with van der Waals surface area (Å²) in [7, 11) is 1.95. The lowest BCUT2D eigenvalue weighted by Crippen LogP contribution is -2.16. The number of aryl methyl sites for hydroxylation is 2. The Morgan fingerprint density at radius 2 is 2.00 bits per heavy atom. The second kappa shape index (κ2) is 9.27. The molecule has 1 fully saturated rings. The summed E-state index contributed by atoms with van der Waals surface area (Å²) in [6.07, 6.45) is 10.2. The molecular formula is C23H25N3O2S2. The van der Waals surface area contributed by atoms with Crippen LogP contribution in [0.2, 0.25) is 0 Å². The molecule has 0 radical (unpaired) electrons. The van der Waals surface area contributed by atoms with Crippen molar-refractivity contribution in [3.63, 3.8) is 0 Å². The number of ketones is 2. The molecule has 0 atom stereocenters. The van der Waals surface area contributed by atoms with E-state index in [1.165, 1.54) is 11.3 Å². The van der Waals surface area contributed by atoms with Gasteiger partial charge in [-0.2, -0.15) is 0 Å². The molecule has 0 saturated heterocycles. The Kier molecular flexibility index (Phi) is 6.49. The fourth-order valence-corrected chi connectivity index (χ4v) is 5.85. The summed E-state index contributed by atoms with van der Waals surface area (Å²) in [5.41, 5.74) is 2.64. The molecule has 1 saturated carbocycles. The molecule has 2 heterocycles. The van der Waals surface area contributed by atoms with Crippen molar-refractivity contribution in [2.75, 3.05) is 0 Å². The third kappa shape index (κ3) is 4.90. The van der Waals surface area contributed by atoms with Gasteiger partial charge in [0.15, 0.2) is 10.9 Å². The van der Waals surface area contributed by atoms with Crippen LogP contribution in [0.15, 0.2) is 46.2 Å². The summed E-state index contributed by atoms with van der Waals surface area (Å²) in [5, 5.41) is 1.69. The molecule has 30 heavy (non-hydrogen) atoms. The zero-order chi connectivity index (χ0) is 21.1. The molecule has 5 nitrogen and oxygen atoms in total. The van der Waals surface area contributed by atoms with E-state index in [0.717, 1.165) is 56.7 Å². The molecular weight excluding hydrogens is 414 g/mol. The predicted octanol–water partition coefficient (Wildman–Crippen LogP) is 5.06. The van der Waals surface area contributed by atoms with Gasteiger partial charge in [0.05, 0.1) is 16.8 Å². The number of hydrogen-bond acceptors (Lipinski definition) is 6. The van der Waals surface area contributed by atoms with Gasteiger partial charge >= 0.3 is 0 Å². The second-order valence-electron chi connectivity index (χ2n) is 7.89. The Bertz CT molecular complexity index is 1060. The Labute approximate surface area is 184 Å². The molecule has 0 unspecified atom stereocenters. The van der Waals surface area contributed by atoms with Crippen molar-refractivity contribution in [3.05, 3.63) is 58.5 Å². The lowest BCUT2D eigenvalue weighted by atomic mass is 9.90. The molecule has 1 aliphatic carbocycles. The van der Waals surface area contributed by atoms with Crippen LogP contribution in [-0.2, 0) is 24.7 Å². The monoisotopic (exact) mass is 439 g/mol. The first kappa shape index (κ1) is 21.0. The highest BCUT2D eigenvalue weighted by Gasteiger charge is 2.26. The number of nitrogens with zero attached hydrogens (tertiary/aromatic N) is 3. The van der Waals surface area contributed by atoms with Crippen molar-refractivity contribution in [1.29, 1.82) is 0 Å². The van der Waals surface area contributed by atoms with Gasteiger partial charge in [0.25, 0.3) is 0 Å². The maximum absolute atomic E-state index is 13.0. The van der Waals surface area contributed by atoms with Gasteiger partial charge in [-0.25, -0.2) is 9.97 Å². The van der Waals surface area contributed by atoms with Crippen LogP contribution in [0.3, 0.4) is 0 Å². The van der Waals surface area contributed by atoms with Gasteiger partial charge in [0, 0.05) is 37.3 Å². The van der Waals surface area contributed by atoms with Crippen molar-refractivity contribution in [1.82, 2.24) is 14.5 Å². The van der Waals surface area contributed by atoms with Gasteiger partial charge in [-0.3, -0.25) is 9.59 Å². The molecule has 1 aromatic carbocycles. The number of rotatable bonds is 8. The quantitative estimate of drug-likeness (QED) is 0.459. The smallest absolute Gasteiger partial charge is 0.173 e. The Balaban J connectivity index is 1.43. The Hall–Kier alpha value is -2.25. The Morgan fingerprint density at radius 1 is 1.20 bits per heavy atom. The lowest BCUT2D eigenvalue weighted by Gasteiger charge is -2.13. The molecule has 0 aliphatic heterocycles. The van der Waals surface area contributed by atoms with Crippen LogP contribution in [-0.4, -0.2) is 26.1 Å². The van der Waals surface area contributed by atoms with E-state index in [1.807, 2.05) is 42.9 Å². The Morgan fingerprint density at radius 3 is 2.73 bits per heavy atom. The van der Waals surface area contributed by atoms with Crippen LogP contribution in [0.25, 0.3) is 0 Å². The first-order valence-corrected chi connectivity index (χ1v) is 11.9. The number of benzene rings is 1. The van der Waals surface area contributed by atoms with E-state index < -0.39 is 0 Å². The van der Waals surface area contributed by atoms with Gasteiger partial charge in [0.1, 0.15) is 10.8 Å². The number of Topliss-reactive ketones (excluding diaryl/α,β-unsaturated/α-hetero) is 2. The molecule has 7 heteroatoms. The third-order valence-electron chi connectivity index (χ3n) is 5.49. The highest BCUT2D eigenvalue weighted by atomic mass is 32.2. The van der Waals surface area contributed by atoms with Gasteiger partial charge in [-0.15, -0.1) is 11.3 Å². The highest BCUT2D eigenvalue weighted by molar-refractivity contribution is 8.01. The summed E-state index contributed by atoms with van der Waals surface area (Å²) in [4.78, 5) is 34.5. The van der Waals surface area contributed by atoms with Crippen LogP contribution in [0.5, 0.6) is 0 Å². The van der Waals surface area contributed by atoms with Gasteiger partial charge in [-0.1, -0.05) is 30.5 Å². The average molecular weight is 440 g/mol. The van der Waals surface area contributed by atoms with Gasteiger partial charge < -0.3 is 4.57 Å². The zero-order valence-corrected chi connectivity index (χ0v) is 18.9. The molecule has 2 aromatic heterocycles. The number of imidazole rings is 1. The number of hydrogen-bond donors (Lipinski definition) is 0. The maximum atomic E-state index is 13.0. The fraction of sp³-hybridized carbons (Fsp3) is 0.391. The van der Waals surface area contributed by atoms with Crippen LogP contribution in [0, 0.1) is 12.8 Å². The fourth-order valence-electron chi connectivity index (χ4n) is 3.89. The van der Waals surface area contributed by atoms with Crippen molar-refractivity contribution in [2.45, 2.75) is 54.8 Å². The highest BCUT2D eigenvalue weighted by Crippen LogP contribution is 2.32. The second-order valence-corrected chi connectivity index (χ2v) is 10.3. The van der Waals surface area contributed by atoms with Crippen LogP contribution < -0.4 is 0 Å². The average Bonchev–Trinajstić information content (AvgIpc) is 3.47. The number of carbonyl (C=O) groups is 2. The molecule has 4 rings (SSSR count). The summed E-state index contributed by atoms with van der Waals surface area (Å²) in [6.45, 7) is 1.99. The van der Waals surface area contributed by atoms with Gasteiger partial charge in [-0.05, 0) is 43.2 Å². The van der Waals surface area contributed by atoms with Crippen molar-refractivity contribution in [3.8, 4) is 0 Å². The topological polar surface area (TPSA) is 64.8 Å². The third-order valence-corrected chi connectivity index (χ3v) is 7.67. The normalized spacial score (nSPS) is 14.3. The van der Waals surface area contributed by atoms with E-state index in [2.05, 4.69) is 9.97 Å². The van der Waals surface area contributed by atoms with E-state index in [0.29, 0.717) is 0 Å². The van der Waals surface area contributed by atoms with Crippen molar-refractivity contribution in [2.24, 2.45) is 13.0 Å². The minimum Gasteiger partial charge on any atom is -0.329 e. The van der Waals surface area contributed by atoms with Crippen molar-refractivity contribution < 1.29 is 9.59 Å². The standard InChI is InChI=1S/C23H25N3O2S2/c1-15-7-8-17(19(11-15)22(28)16-5-3-4-6-16)12-18(27)13-20-25-14-21(29-20)30-23-24-9-10-26(23)2/h7-11,14,16H,3-6,12-13H2,1-2H3. The zero-order valence-electron chi connectivity index (χ0n) is 17.3. The predicted molar refractivity (Wildman–Crippen MR) is 119 cm³/mol. The van der Waals surface area contributed by atoms with E-state index in [9.17, 15) is 9.59 Å². The van der Waals surface area contributed by atoms with Crippen LogP contribution >= 0.6 is 23.1 Å². The summed E-state index contributed by atoms with van der Waals surface area (Å²) >= 11 is 3.07. The molecule has 0 N–H and O–H groups in total. The molecule has 0 amide bonds. The van der Waals surface area contributed by atoms with E-state index in [4.69, 9.17) is 0 Å². The molecule has 156 valence electrons. The van der Waals surface area contributed by atoms with Crippen molar-refractivity contribution >= 4 is 34.7 Å². The lowest BCUT2D eigenvalue weighted by molar-refractivity contribution is -0.117. The first-order chi connectivity index (χ1) is 14.5. The number of thiazole rings is 1. The minimum atomic E-state index is 0.0854. The molecule has 0 spiro atoms. The summed E-state index contributed by atoms with van der Waals surface area (Å²) < 4.78 is 2.97. The summed E-state index contributed by atoms with van der Waals surface area (Å²) in [5.74, 6) is 0.412. The van der Waals surface area contributed by atoms with E-state index in [-0.39, 0.29) is 30.3 Å². The van der Waals surface area contributed by atoms with Crippen LogP contribution in [0.1, 0.15) is 52.2 Å². The number of aromatic nitrogens is 3. The molecule has 3 aromatic rings. The maximum Gasteiger partial charge on any atom is 0.173 e. The molecule has 0 bridgehead atoms. The SMILES string of the molecule is Cc1ccc(CC(=O)Cc2ncc(Sc3nccn3C)s2)c(C(=O)C2CCCC2)c1. The van der Waals surface area contributed by atoms with E-state index in [1.54, 1.807) is 24.2 Å². The van der Waals surface area contributed by atoms with Crippen LogP contribution in [0.4, 0.5) is 0 Å². The van der Waals surface area contributed by atoms with Gasteiger partial charge in [0.2, 0.25) is 0 Å². The molecule has 1 aliphatic rings. The minimum absolute atomic E-state index is 0.0854. The summed E-state index contributed by atoms with van der Waals surface area (Å²) in [6, 6.07) is 5.88. The first-order valence-electron chi connectivity index (χ1n) is 10.2.